The zero-order valence-electron chi connectivity index (χ0n) is 8.31. The number of aryl methyl sites for hydroxylation is 2. The summed E-state index contributed by atoms with van der Waals surface area (Å²) in [6, 6.07) is 1.99. The van der Waals surface area contributed by atoms with Crippen molar-refractivity contribution in [1.82, 2.24) is 19.6 Å². The molecule has 0 spiro atoms. The van der Waals surface area contributed by atoms with Gasteiger partial charge < -0.3 is 5.32 Å². The maximum absolute atomic E-state index is 4.26. The molecular formula is C9H13N5. The van der Waals surface area contributed by atoms with Gasteiger partial charge in [-0.3, -0.25) is 9.36 Å². The Bertz CT molecular complexity index is 374. The van der Waals surface area contributed by atoms with Crippen molar-refractivity contribution < 1.29 is 0 Å². The molecule has 2 aromatic heterocycles. The Balaban J connectivity index is 1.94. The van der Waals surface area contributed by atoms with Gasteiger partial charge in [0.1, 0.15) is 0 Å². The van der Waals surface area contributed by atoms with Crippen molar-refractivity contribution in [2.24, 2.45) is 14.1 Å². The average molecular weight is 191 g/mol. The van der Waals surface area contributed by atoms with Crippen LogP contribution in [0.2, 0.25) is 0 Å². The van der Waals surface area contributed by atoms with Gasteiger partial charge in [0.25, 0.3) is 0 Å². The van der Waals surface area contributed by atoms with E-state index in [0.717, 1.165) is 17.9 Å². The number of nitrogens with one attached hydrogen (secondary N) is 1. The van der Waals surface area contributed by atoms with Gasteiger partial charge in [-0.1, -0.05) is 0 Å². The van der Waals surface area contributed by atoms with Gasteiger partial charge in [0.15, 0.2) is 0 Å². The summed E-state index contributed by atoms with van der Waals surface area (Å²) in [5, 5.41) is 11.6. The minimum atomic E-state index is 0.729. The van der Waals surface area contributed by atoms with Crippen molar-refractivity contribution >= 4 is 5.69 Å². The van der Waals surface area contributed by atoms with Crippen LogP contribution in [0.3, 0.4) is 0 Å². The van der Waals surface area contributed by atoms with Gasteiger partial charge >= 0.3 is 0 Å². The molecule has 0 saturated carbocycles. The second-order valence-electron chi connectivity index (χ2n) is 3.24. The summed E-state index contributed by atoms with van der Waals surface area (Å²) in [6.45, 7) is 0.729. The van der Waals surface area contributed by atoms with Crippen LogP contribution in [0.4, 0.5) is 5.69 Å². The lowest BCUT2D eigenvalue weighted by Gasteiger charge is -1.98. The van der Waals surface area contributed by atoms with Crippen LogP contribution in [-0.2, 0) is 20.6 Å². The van der Waals surface area contributed by atoms with Crippen LogP contribution in [0.15, 0.2) is 24.7 Å². The summed E-state index contributed by atoms with van der Waals surface area (Å²) < 4.78 is 3.56. The standard InChI is InChI=1S/C9H13N5/c1-13-4-3-8(12-13)5-10-9-6-11-14(2)7-9/h3-4,6-7,10H,5H2,1-2H3. The van der Waals surface area contributed by atoms with E-state index in [1.165, 1.54) is 0 Å². The van der Waals surface area contributed by atoms with Crippen molar-refractivity contribution in [2.45, 2.75) is 6.54 Å². The second kappa shape index (κ2) is 3.53. The molecule has 74 valence electrons. The molecule has 0 aromatic carbocycles. The van der Waals surface area contributed by atoms with Crippen LogP contribution in [0, 0.1) is 0 Å². The van der Waals surface area contributed by atoms with Crippen LogP contribution in [0.1, 0.15) is 5.69 Å². The third kappa shape index (κ3) is 1.93. The largest absolute Gasteiger partial charge is 0.377 e. The topological polar surface area (TPSA) is 47.7 Å². The lowest BCUT2D eigenvalue weighted by Crippen LogP contribution is -2.00. The van der Waals surface area contributed by atoms with Gasteiger partial charge in [-0.15, -0.1) is 0 Å². The van der Waals surface area contributed by atoms with Crippen molar-refractivity contribution in [3.8, 4) is 0 Å². The van der Waals surface area contributed by atoms with E-state index in [2.05, 4.69) is 15.5 Å². The first-order chi connectivity index (χ1) is 6.74. The van der Waals surface area contributed by atoms with Gasteiger partial charge in [0.05, 0.1) is 24.1 Å². The van der Waals surface area contributed by atoms with Crippen molar-refractivity contribution in [2.75, 3.05) is 5.32 Å². The molecule has 2 rings (SSSR count). The fraction of sp³-hybridized carbons (Fsp3) is 0.333. The number of aromatic nitrogens is 4. The minimum Gasteiger partial charge on any atom is -0.377 e. The maximum atomic E-state index is 4.26. The maximum Gasteiger partial charge on any atom is 0.0815 e. The highest BCUT2D eigenvalue weighted by Gasteiger charge is 1.98. The van der Waals surface area contributed by atoms with Crippen molar-refractivity contribution in [3.05, 3.63) is 30.4 Å². The Morgan fingerprint density at radius 2 is 2.21 bits per heavy atom. The third-order valence-corrected chi connectivity index (χ3v) is 1.95. The van der Waals surface area contributed by atoms with Gasteiger partial charge in [-0.05, 0) is 6.07 Å². The summed E-state index contributed by atoms with van der Waals surface area (Å²) in [6.07, 6.45) is 5.66. The van der Waals surface area contributed by atoms with Gasteiger partial charge in [-0.2, -0.15) is 10.2 Å². The molecule has 2 heterocycles. The molecule has 0 radical (unpaired) electrons. The average Bonchev–Trinajstić information content (AvgIpc) is 2.72. The monoisotopic (exact) mass is 191 g/mol. The number of rotatable bonds is 3. The van der Waals surface area contributed by atoms with Crippen molar-refractivity contribution in [3.63, 3.8) is 0 Å². The summed E-state index contributed by atoms with van der Waals surface area (Å²) in [7, 11) is 3.81. The predicted octanol–water partition coefficient (Wildman–Crippen LogP) is 0.766. The lowest BCUT2D eigenvalue weighted by atomic mass is 10.4. The first-order valence-electron chi connectivity index (χ1n) is 4.45. The number of anilines is 1. The fourth-order valence-electron chi connectivity index (χ4n) is 1.26. The number of hydrogen-bond acceptors (Lipinski definition) is 3. The highest BCUT2D eigenvalue weighted by molar-refractivity contribution is 5.38. The van der Waals surface area contributed by atoms with E-state index < -0.39 is 0 Å². The molecule has 0 aliphatic rings. The summed E-state index contributed by atoms with van der Waals surface area (Å²) in [4.78, 5) is 0. The van der Waals surface area contributed by atoms with E-state index in [-0.39, 0.29) is 0 Å². The molecule has 2 aromatic rings. The lowest BCUT2D eigenvalue weighted by molar-refractivity contribution is 0.747. The van der Waals surface area contributed by atoms with E-state index in [1.54, 1.807) is 15.6 Å². The molecule has 1 N–H and O–H groups in total. The normalized spacial score (nSPS) is 10.4. The molecule has 0 aliphatic heterocycles. The van der Waals surface area contributed by atoms with Crippen LogP contribution >= 0.6 is 0 Å². The molecule has 0 aliphatic carbocycles. The third-order valence-electron chi connectivity index (χ3n) is 1.95. The Morgan fingerprint density at radius 1 is 1.36 bits per heavy atom. The van der Waals surface area contributed by atoms with Gasteiger partial charge in [0, 0.05) is 26.5 Å². The van der Waals surface area contributed by atoms with Crippen LogP contribution in [-0.4, -0.2) is 19.6 Å². The highest BCUT2D eigenvalue weighted by atomic mass is 15.3. The van der Waals surface area contributed by atoms with E-state index in [9.17, 15) is 0 Å². The molecule has 0 fully saturated rings. The van der Waals surface area contributed by atoms with E-state index >= 15 is 0 Å². The molecule has 14 heavy (non-hydrogen) atoms. The SMILES string of the molecule is Cn1cc(NCc2ccn(C)n2)cn1. The zero-order valence-corrected chi connectivity index (χ0v) is 8.31. The minimum absolute atomic E-state index is 0.729. The Labute approximate surface area is 82.3 Å². The summed E-state index contributed by atoms with van der Waals surface area (Å²) in [5.41, 5.74) is 2.04. The highest BCUT2D eigenvalue weighted by Crippen LogP contribution is 2.05. The van der Waals surface area contributed by atoms with Crippen LogP contribution in [0.5, 0.6) is 0 Å². The first kappa shape index (κ1) is 8.80. The molecule has 0 saturated heterocycles. The molecule has 5 heteroatoms. The van der Waals surface area contributed by atoms with E-state index in [1.807, 2.05) is 32.6 Å². The Hall–Kier alpha value is -1.78. The number of hydrogen-bond donors (Lipinski definition) is 1. The summed E-state index contributed by atoms with van der Waals surface area (Å²) in [5.74, 6) is 0. The number of nitrogens with zero attached hydrogens (tertiary/aromatic N) is 4. The van der Waals surface area contributed by atoms with Gasteiger partial charge in [-0.25, -0.2) is 0 Å². The Morgan fingerprint density at radius 3 is 2.79 bits per heavy atom. The molecular weight excluding hydrogens is 178 g/mol. The molecule has 0 bridgehead atoms. The van der Waals surface area contributed by atoms with Crippen LogP contribution in [0.25, 0.3) is 0 Å². The molecule has 0 amide bonds. The fourth-order valence-corrected chi connectivity index (χ4v) is 1.26. The quantitative estimate of drug-likeness (QED) is 0.779. The first-order valence-corrected chi connectivity index (χ1v) is 4.45. The molecule has 0 atom stereocenters. The zero-order chi connectivity index (χ0) is 9.97. The Kier molecular flexibility index (Phi) is 2.22. The van der Waals surface area contributed by atoms with Crippen LogP contribution < -0.4 is 5.32 Å². The molecule has 0 unspecified atom stereocenters. The van der Waals surface area contributed by atoms with E-state index in [0.29, 0.717) is 0 Å². The van der Waals surface area contributed by atoms with Crippen molar-refractivity contribution in [1.29, 1.82) is 0 Å². The summed E-state index contributed by atoms with van der Waals surface area (Å²) >= 11 is 0. The smallest absolute Gasteiger partial charge is 0.0815 e. The van der Waals surface area contributed by atoms with Gasteiger partial charge in [0.2, 0.25) is 0 Å². The molecule has 5 nitrogen and oxygen atoms in total. The second-order valence-corrected chi connectivity index (χ2v) is 3.24. The van der Waals surface area contributed by atoms with E-state index in [4.69, 9.17) is 0 Å². The predicted molar refractivity (Wildman–Crippen MR) is 53.7 cm³/mol.